The smallest absolute Gasteiger partial charge is 0.138 e. The normalized spacial score (nSPS) is 22.9. The predicted octanol–water partition coefficient (Wildman–Crippen LogP) is 5.24. The van der Waals surface area contributed by atoms with E-state index in [2.05, 4.69) is 46.5 Å². The maximum atomic E-state index is 8.13. The van der Waals surface area contributed by atoms with E-state index in [9.17, 15) is 0 Å². The lowest BCUT2D eigenvalue weighted by molar-refractivity contribution is 0.131. The highest BCUT2D eigenvalue weighted by atomic mass is 15.2. The van der Waals surface area contributed by atoms with Gasteiger partial charge in [0.05, 0.1) is 5.52 Å². The summed E-state index contributed by atoms with van der Waals surface area (Å²) < 4.78 is 0. The first kappa shape index (κ1) is 23.1. The Bertz CT molecular complexity index is 1050. The molecule has 7 heteroatoms. The standard InChI is InChI=1S/C26H37N7/c1-4-20-13-19(14-21(5-2)33(20)16-18-8-6-9-18)30-26-22-10-7-11-29-23(22)15-25(32-26)31-24(28)12-17(3)27/h4,7,10-12,15,18-19,21H,5-6,8-9,13-14,16,27H2,1-3H3,(H3,28,30,31,32)/b17-12-,20-4+. The Morgan fingerprint density at radius 3 is 2.85 bits per heavy atom. The topological polar surface area (TPSA) is 103 Å². The third kappa shape index (κ3) is 5.46. The van der Waals surface area contributed by atoms with Crippen LogP contribution in [0, 0.1) is 11.3 Å². The lowest BCUT2D eigenvalue weighted by Crippen LogP contribution is -2.47. The van der Waals surface area contributed by atoms with Crippen molar-refractivity contribution in [1.29, 1.82) is 5.41 Å². The molecule has 0 spiro atoms. The van der Waals surface area contributed by atoms with E-state index >= 15 is 0 Å². The summed E-state index contributed by atoms with van der Waals surface area (Å²) in [7, 11) is 0. The molecule has 33 heavy (non-hydrogen) atoms. The molecule has 2 aliphatic rings. The molecule has 1 aliphatic heterocycles. The summed E-state index contributed by atoms with van der Waals surface area (Å²) in [5.41, 5.74) is 8.59. The van der Waals surface area contributed by atoms with Crippen LogP contribution in [0.4, 0.5) is 11.6 Å². The summed E-state index contributed by atoms with van der Waals surface area (Å²) in [5.74, 6) is 2.47. The van der Waals surface area contributed by atoms with Crippen molar-refractivity contribution in [3.8, 4) is 0 Å². The minimum Gasteiger partial charge on any atom is -0.402 e. The Morgan fingerprint density at radius 1 is 1.36 bits per heavy atom. The largest absolute Gasteiger partial charge is 0.402 e. The molecule has 2 aromatic heterocycles. The first-order chi connectivity index (χ1) is 16.0. The molecule has 2 aromatic rings. The van der Waals surface area contributed by atoms with Crippen LogP contribution < -0.4 is 16.4 Å². The van der Waals surface area contributed by atoms with E-state index in [0.29, 0.717) is 23.6 Å². The van der Waals surface area contributed by atoms with E-state index in [-0.39, 0.29) is 5.84 Å². The Labute approximate surface area is 197 Å². The number of rotatable bonds is 7. The fourth-order valence-electron chi connectivity index (χ4n) is 4.99. The molecule has 2 fully saturated rings. The van der Waals surface area contributed by atoms with Crippen LogP contribution in [0.2, 0.25) is 0 Å². The maximum Gasteiger partial charge on any atom is 0.138 e. The van der Waals surface area contributed by atoms with Gasteiger partial charge in [-0.3, -0.25) is 10.4 Å². The molecule has 4 rings (SSSR count). The van der Waals surface area contributed by atoms with Crippen molar-refractivity contribution < 1.29 is 0 Å². The van der Waals surface area contributed by atoms with E-state index in [4.69, 9.17) is 16.1 Å². The molecular weight excluding hydrogens is 410 g/mol. The first-order valence-electron chi connectivity index (χ1n) is 12.2. The highest BCUT2D eigenvalue weighted by Crippen LogP contribution is 2.35. The van der Waals surface area contributed by atoms with Gasteiger partial charge in [-0.2, -0.15) is 0 Å². The lowest BCUT2D eigenvalue weighted by atomic mass is 9.83. The molecule has 2 unspecified atom stereocenters. The number of nitrogens with zero attached hydrogens (tertiary/aromatic N) is 3. The van der Waals surface area contributed by atoms with E-state index in [1.54, 1.807) is 19.2 Å². The summed E-state index contributed by atoms with van der Waals surface area (Å²) in [6, 6.07) is 6.71. The molecule has 2 atom stereocenters. The van der Waals surface area contributed by atoms with Gasteiger partial charge < -0.3 is 21.3 Å². The van der Waals surface area contributed by atoms with Crippen molar-refractivity contribution in [1.82, 2.24) is 14.9 Å². The van der Waals surface area contributed by atoms with Gasteiger partial charge in [0, 0.05) is 54.1 Å². The van der Waals surface area contributed by atoms with E-state index in [1.807, 2.05) is 12.1 Å². The van der Waals surface area contributed by atoms with Crippen LogP contribution in [-0.2, 0) is 0 Å². The molecular formula is C26H37N7. The van der Waals surface area contributed by atoms with Crippen molar-refractivity contribution in [2.45, 2.75) is 71.4 Å². The molecule has 0 radical (unpaired) electrons. The highest BCUT2D eigenvalue weighted by molar-refractivity contribution is 6.02. The lowest BCUT2D eigenvalue weighted by Gasteiger charge is -2.46. The fourth-order valence-corrected chi connectivity index (χ4v) is 4.99. The average Bonchev–Trinajstić information content (AvgIpc) is 2.75. The number of anilines is 2. The number of aromatic nitrogens is 2. The number of allylic oxidation sites excluding steroid dienone is 2. The van der Waals surface area contributed by atoms with Crippen LogP contribution >= 0.6 is 0 Å². The number of pyridine rings is 2. The summed E-state index contributed by atoms with van der Waals surface area (Å²) in [4.78, 5) is 12.0. The Hall–Kier alpha value is -3.09. The van der Waals surface area contributed by atoms with Gasteiger partial charge in [0.2, 0.25) is 0 Å². The molecule has 0 bridgehead atoms. The zero-order valence-corrected chi connectivity index (χ0v) is 20.1. The van der Waals surface area contributed by atoms with Crippen molar-refractivity contribution >= 4 is 28.4 Å². The van der Waals surface area contributed by atoms with Gasteiger partial charge in [-0.15, -0.1) is 0 Å². The Morgan fingerprint density at radius 2 is 2.18 bits per heavy atom. The summed E-state index contributed by atoms with van der Waals surface area (Å²) in [6.45, 7) is 7.43. The van der Waals surface area contributed by atoms with Gasteiger partial charge in [-0.05, 0) is 63.7 Å². The maximum absolute atomic E-state index is 8.13. The second-order valence-electron chi connectivity index (χ2n) is 9.43. The van der Waals surface area contributed by atoms with Crippen LogP contribution in [0.3, 0.4) is 0 Å². The van der Waals surface area contributed by atoms with Crippen molar-refractivity contribution in [2.24, 2.45) is 11.7 Å². The van der Waals surface area contributed by atoms with Crippen LogP contribution in [0.5, 0.6) is 0 Å². The second kappa shape index (κ2) is 10.2. The van der Waals surface area contributed by atoms with Gasteiger partial charge >= 0.3 is 0 Å². The molecule has 0 aromatic carbocycles. The quantitative estimate of drug-likeness (QED) is 0.342. The number of amidine groups is 1. The molecule has 1 saturated heterocycles. The number of fused-ring (bicyclic) bond motifs is 1. The second-order valence-corrected chi connectivity index (χ2v) is 9.43. The van der Waals surface area contributed by atoms with Crippen LogP contribution in [0.1, 0.15) is 59.3 Å². The Kier molecular flexibility index (Phi) is 7.16. The van der Waals surface area contributed by atoms with Gasteiger partial charge in [0.25, 0.3) is 0 Å². The third-order valence-electron chi connectivity index (χ3n) is 6.88. The van der Waals surface area contributed by atoms with Gasteiger partial charge in [0.15, 0.2) is 0 Å². The average molecular weight is 448 g/mol. The molecule has 3 heterocycles. The van der Waals surface area contributed by atoms with E-state index < -0.39 is 0 Å². The minimum atomic E-state index is 0.204. The number of hydrogen-bond acceptors (Lipinski definition) is 6. The minimum absolute atomic E-state index is 0.204. The van der Waals surface area contributed by atoms with E-state index in [0.717, 1.165) is 41.9 Å². The Balaban J connectivity index is 1.57. The first-order valence-corrected chi connectivity index (χ1v) is 12.2. The van der Waals surface area contributed by atoms with Crippen LogP contribution in [0.15, 0.2) is 47.9 Å². The van der Waals surface area contributed by atoms with Crippen LogP contribution in [0.25, 0.3) is 10.9 Å². The summed E-state index contributed by atoms with van der Waals surface area (Å²) in [6.07, 6.45) is 13.0. The van der Waals surface area contributed by atoms with Crippen molar-refractivity contribution in [2.75, 3.05) is 17.2 Å². The van der Waals surface area contributed by atoms with Gasteiger partial charge in [-0.1, -0.05) is 19.4 Å². The molecule has 5 N–H and O–H groups in total. The van der Waals surface area contributed by atoms with Gasteiger partial charge in [-0.25, -0.2) is 4.98 Å². The van der Waals surface area contributed by atoms with E-state index in [1.165, 1.54) is 31.5 Å². The number of nitrogens with one attached hydrogen (secondary N) is 3. The SMILES string of the molecule is C/C=C1\CC(Nc2nc(NC(=N)/C=C(/C)N)cc3ncccc23)CC(CC)N1CC1CCC1. The van der Waals surface area contributed by atoms with Crippen molar-refractivity contribution in [3.63, 3.8) is 0 Å². The molecule has 176 valence electrons. The zero-order chi connectivity index (χ0) is 23.4. The number of likely N-dealkylation sites (tertiary alicyclic amines) is 1. The third-order valence-corrected chi connectivity index (χ3v) is 6.88. The summed E-state index contributed by atoms with van der Waals surface area (Å²) >= 11 is 0. The number of piperidine rings is 1. The molecule has 1 aliphatic carbocycles. The molecule has 1 saturated carbocycles. The van der Waals surface area contributed by atoms with Crippen LogP contribution in [-0.4, -0.2) is 39.3 Å². The highest BCUT2D eigenvalue weighted by Gasteiger charge is 2.33. The zero-order valence-electron chi connectivity index (χ0n) is 20.1. The predicted molar refractivity (Wildman–Crippen MR) is 137 cm³/mol. The van der Waals surface area contributed by atoms with Gasteiger partial charge in [0.1, 0.15) is 17.5 Å². The van der Waals surface area contributed by atoms with Crippen molar-refractivity contribution in [3.05, 3.63) is 47.9 Å². The molecule has 0 amide bonds. The fraction of sp³-hybridized carbons (Fsp3) is 0.500. The molecule has 7 nitrogen and oxygen atoms in total. The number of nitrogens with two attached hydrogens (primary N) is 1. The monoisotopic (exact) mass is 447 g/mol. The number of hydrogen-bond donors (Lipinski definition) is 4. The summed E-state index contributed by atoms with van der Waals surface area (Å²) in [5, 5.41) is 15.9.